The number of rotatable bonds is 7. The molecule has 1 unspecified atom stereocenters. The van der Waals surface area contributed by atoms with Crippen LogP contribution < -0.4 is 20.3 Å². The molecule has 6 heteroatoms. The van der Waals surface area contributed by atoms with E-state index in [1.807, 2.05) is 49.4 Å². The Kier molecular flexibility index (Phi) is 7.23. The van der Waals surface area contributed by atoms with Gasteiger partial charge in [0.05, 0.1) is 0 Å². The van der Waals surface area contributed by atoms with Crippen LogP contribution in [0.15, 0.2) is 48.5 Å². The summed E-state index contributed by atoms with van der Waals surface area (Å²) < 4.78 is 11.1. The lowest BCUT2D eigenvalue weighted by atomic mass is 10.0. The third-order valence-corrected chi connectivity index (χ3v) is 3.90. The van der Waals surface area contributed by atoms with Gasteiger partial charge in [0.2, 0.25) is 0 Å². The minimum Gasteiger partial charge on any atom is -0.483 e. The molecule has 0 aliphatic carbocycles. The Balaban J connectivity index is 1.79. The number of carbonyl (C=O) groups is 2. The minimum absolute atomic E-state index is 0.197. The molecule has 0 fully saturated rings. The van der Waals surface area contributed by atoms with Crippen LogP contribution in [0.5, 0.6) is 11.5 Å². The van der Waals surface area contributed by atoms with Crippen LogP contribution in [-0.4, -0.2) is 24.5 Å². The predicted octanol–water partition coefficient (Wildman–Crippen LogP) is 3.11. The van der Waals surface area contributed by atoms with Crippen LogP contribution in [0.2, 0.25) is 0 Å². The zero-order valence-corrected chi connectivity index (χ0v) is 16.1. The topological polar surface area (TPSA) is 76.7 Å². The zero-order chi connectivity index (χ0) is 19.8. The molecular formula is C21H26N2O4. The van der Waals surface area contributed by atoms with Crippen molar-refractivity contribution in [3.05, 3.63) is 59.7 Å². The molecule has 0 aliphatic rings. The molecule has 2 aromatic rings. The number of para-hydroxylation sites is 1. The smallest absolute Gasteiger partial charge is 0.279 e. The van der Waals surface area contributed by atoms with E-state index in [4.69, 9.17) is 9.47 Å². The van der Waals surface area contributed by atoms with Gasteiger partial charge in [0, 0.05) is 0 Å². The Bertz CT molecular complexity index is 789. The van der Waals surface area contributed by atoms with Crippen LogP contribution >= 0.6 is 0 Å². The van der Waals surface area contributed by atoms with E-state index in [-0.39, 0.29) is 12.5 Å². The zero-order valence-electron chi connectivity index (χ0n) is 16.1. The molecule has 0 radical (unpaired) electrons. The summed E-state index contributed by atoms with van der Waals surface area (Å²) >= 11 is 0. The average Bonchev–Trinajstić information content (AvgIpc) is 2.64. The van der Waals surface area contributed by atoms with Crippen molar-refractivity contribution >= 4 is 11.8 Å². The summed E-state index contributed by atoms with van der Waals surface area (Å²) in [4.78, 5) is 24.0. The summed E-state index contributed by atoms with van der Waals surface area (Å²) in [6, 6.07) is 15.0. The molecule has 0 aromatic heterocycles. The molecule has 1 atom stereocenters. The molecule has 27 heavy (non-hydrogen) atoms. The molecule has 0 aliphatic heterocycles. The Labute approximate surface area is 159 Å². The van der Waals surface area contributed by atoms with Crippen molar-refractivity contribution in [1.29, 1.82) is 0 Å². The van der Waals surface area contributed by atoms with Gasteiger partial charge in [-0.1, -0.05) is 44.2 Å². The Morgan fingerprint density at radius 1 is 1.00 bits per heavy atom. The van der Waals surface area contributed by atoms with Crippen molar-refractivity contribution in [1.82, 2.24) is 10.9 Å². The molecule has 2 aromatic carbocycles. The van der Waals surface area contributed by atoms with Crippen molar-refractivity contribution in [3.8, 4) is 11.5 Å². The van der Waals surface area contributed by atoms with Gasteiger partial charge in [0.1, 0.15) is 11.5 Å². The molecular weight excluding hydrogens is 344 g/mol. The van der Waals surface area contributed by atoms with Crippen molar-refractivity contribution in [3.63, 3.8) is 0 Å². The molecule has 6 nitrogen and oxygen atoms in total. The second-order valence-corrected chi connectivity index (χ2v) is 6.60. The minimum atomic E-state index is -0.755. The van der Waals surface area contributed by atoms with Crippen LogP contribution in [0.25, 0.3) is 0 Å². The quantitative estimate of drug-likeness (QED) is 0.734. The molecule has 144 valence electrons. The van der Waals surface area contributed by atoms with Gasteiger partial charge in [-0.3, -0.25) is 20.4 Å². The SMILES string of the molecule is Cc1cccc(OC(C)C(=O)NNC(=O)COc2ccccc2C(C)C)c1. The normalized spacial score (nSPS) is 11.6. The first-order valence-corrected chi connectivity index (χ1v) is 8.90. The number of hydrazine groups is 1. The van der Waals surface area contributed by atoms with E-state index in [1.165, 1.54) is 0 Å². The number of carbonyl (C=O) groups excluding carboxylic acids is 2. The lowest BCUT2D eigenvalue weighted by molar-refractivity contribution is -0.133. The highest BCUT2D eigenvalue weighted by molar-refractivity contribution is 5.85. The van der Waals surface area contributed by atoms with E-state index in [0.29, 0.717) is 11.5 Å². The molecule has 0 spiro atoms. The van der Waals surface area contributed by atoms with Gasteiger partial charge in [0.25, 0.3) is 11.8 Å². The van der Waals surface area contributed by atoms with Gasteiger partial charge in [0.15, 0.2) is 12.7 Å². The first-order valence-electron chi connectivity index (χ1n) is 8.90. The van der Waals surface area contributed by atoms with Gasteiger partial charge >= 0.3 is 0 Å². The Morgan fingerprint density at radius 3 is 2.44 bits per heavy atom. The molecule has 0 saturated carbocycles. The molecule has 0 saturated heterocycles. The van der Waals surface area contributed by atoms with Gasteiger partial charge in [-0.15, -0.1) is 0 Å². The van der Waals surface area contributed by atoms with Crippen molar-refractivity contribution in [2.24, 2.45) is 0 Å². The van der Waals surface area contributed by atoms with Crippen LogP contribution in [0.4, 0.5) is 0 Å². The third kappa shape index (κ3) is 6.33. The number of aryl methyl sites for hydroxylation is 1. The van der Waals surface area contributed by atoms with Crippen LogP contribution in [-0.2, 0) is 9.59 Å². The number of amides is 2. The second kappa shape index (κ2) is 9.62. The second-order valence-electron chi connectivity index (χ2n) is 6.60. The Hall–Kier alpha value is -3.02. The maximum atomic E-state index is 12.1. The number of nitrogens with one attached hydrogen (secondary N) is 2. The van der Waals surface area contributed by atoms with E-state index >= 15 is 0 Å². The molecule has 0 bridgehead atoms. The molecule has 0 heterocycles. The predicted molar refractivity (Wildman–Crippen MR) is 104 cm³/mol. The first-order chi connectivity index (χ1) is 12.9. The monoisotopic (exact) mass is 370 g/mol. The van der Waals surface area contributed by atoms with E-state index in [2.05, 4.69) is 24.7 Å². The summed E-state index contributed by atoms with van der Waals surface area (Å²) in [6.45, 7) is 7.46. The first kappa shape index (κ1) is 20.3. The number of hydrogen-bond donors (Lipinski definition) is 2. The fraction of sp³-hybridized carbons (Fsp3) is 0.333. The van der Waals surface area contributed by atoms with Crippen molar-refractivity contribution in [2.75, 3.05) is 6.61 Å². The van der Waals surface area contributed by atoms with Crippen molar-refractivity contribution in [2.45, 2.75) is 39.7 Å². The molecule has 2 rings (SSSR count). The average molecular weight is 370 g/mol. The fourth-order valence-corrected chi connectivity index (χ4v) is 2.45. The highest BCUT2D eigenvalue weighted by Crippen LogP contribution is 2.25. The maximum Gasteiger partial charge on any atom is 0.279 e. The number of benzene rings is 2. The van der Waals surface area contributed by atoms with Crippen LogP contribution in [0, 0.1) is 6.92 Å². The summed E-state index contributed by atoms with van der Waals surface area (Å²) in [5.41, 5.74) is 6.74. The Morgan fingerprint density at radius 2 is 1.74 bits per heavy atom. The van der Waals surface area contributed by atoms with Gasteiger partial charge in [-0.25, -0.2) is 0 Å². The third-order valence-electron chi connectivity index (χ3n) is 3.90. The standard InChI is InChI=1S/C21H26N2O4/c1-14(2)18-10-5-6-11-19(18)26-13-20(24)22-23-21(25)16(4)27-17-9-7-8-15(3)12-17/h5-12,14,16H,13H2,1-4H3,(H,22,24)(H,23,25). The molecule has 2 amide bonds. The van der Waals surface area contributed by atoms with Crippen LogP contribution in [0.3, 0.4) is 0 Å². The van der Waals surface area contributed by atoms with Crippen LogP contribution in [0.1, 0.15) is 37.8 Å². The fourth-order valence-electron chi connectivity index (χ4n) is 2.45. The van der Waals surface area contributed by atoms with E-state index in [0.717, 1.165) is 11.1 Å². The summed E-state index contributed by atoms with van der Waals surface area (Å²) in [7, 11) is 0. The summed E-state index contributed by atoms with van der Waals surface area (Å²) in [6.07, 6.45) is -0.755. The van der Waals surface area contributed by atoms with Gasteiger partial charge in [-0.05, 0) is 49.1 Å². The van der Waals surface area contributed by atoms with Crippen molar-refractivity contribution < 1.29 is 19.1 Å². The lowest BCUT2D eigenvalue weighted by Gasteiger charge is -2.16. The maximum absolute atomic E-state index is 12.1. The van der Waals surface area contributed by atoms with Gasteiger partial charge < -0.3 is 9.47 Å². The summed E-state index contributed by atoms with van der Waals surface area (Å²) in [5, 5.41) is 0. The number of hydrogen-bond acceptors (Lipinski definition) is 4. The van der Waals surface area contributed by atoms with E-state index in [1.54, 1.807) is 13.0 Å². The van der Waals surface area contributed by atoms with Gasteiger partial charge in [-0.2, -0.15) is 0 Å². The molecule has 2 N–H and O–H groups in total. The largest absolute Gasteiger partial charge is 0.483 e. The summed E-state index contributed by atoms with van der Waals surface area (Å²) in [5.74, 6) is 0.628. The number of ether oxygens (including phenoxy) is 2. The highest BCUT2D eigenvalue weighted by atomic mass is 16.5. The van der Waals surface area contributed by atoms with E-state index in [9.17, 15) is 9.59 Å². The highest BCUT2D eigenvalue weighted by Gasteiger charge is 2.16. The van der Waals surface area contributed by atoms with E-state index < -0.39 is 17.9 Å². The lowest BCUT2D eigenvalue weighted by Crippen LogP contribution is -2.48.